The van der Waals surface area contributed by atoms with Gasteiger partial charge in [-0.2, -0.15) is 4.98 Å². The first-order valence-corrected chi connectivity index (χ1v) is 10.6. The Balaban J connectivity index is 1.94. The standard InChI is InChI=1S/C21H32ClN5O2/c1-4-21(5-2,11-13-28)15-25-20(23-6-3)24-12-10-18-26-19(27-29-18)16-8-7-9-17(22)14-16/h7-9,14,28H,4-6,10-13,15H2,1-3H3,(H2,23,24,25). The summed E-state index contributed by atoms with van der Waals surface area (Å²) in [4.78, 5) is 9.18. The van der Waals surface area contributed by atoms with Crippen LogP contribution >= 0.6 is 11.6 Å². The van der Waals surface area contributed by atoms with Crippen molar-refractivity contribution in [2.45, 2.75) is 46.5 Å². The lowest BCUT2D eigenvalue weighted by Crippen LogP contribution is -2.39. The number of aromatic nitrogens is 2. The first-order valence-electron chi connectivity index (χ1n) is 10.3. The molecule has 1 heterocycles. The van der Waals surface area contributed by atoms with Gasteiger partial charge in [-0.3, -0.25) is 4.99 Å². The average molecular weight is 422 g/mol. The molecule has 1 aromatic carbocycles. The lowest BCUT2D eigenvalue weighted by Gasteiger charge is -2.29. The molecule has 8 heteroatoms. The minimum absolute atomic E-state index is 0.0372. The fourth-order valence-corrected chi connectivity index (χ4v) is 3.31. The van der Waals surface area contributed by atoms with Gasteiger partial charge in [-0.25, -0.2) is 0 Å². The van der Waals surface area contributed by atoms with Crippen molar-refractivity contribution in [3.63, 3.8) is 0 Å². The van der Waals surface area contributed by atoms with Gasteiger partial charge in [0.15, 0.2) is 5.96 Å². The minimum atomic E-state index is 0.0372. The molecular formula is C21H32ClN5O2. The van der Waals surface area contributed by atoms with Gasteiger partial charge in [0.25, 0.3) is 0 Å². The molecule has 0 unspecified atom stereocenters. The van der Waals surface area contributed by atoms with Crippen LogP contribution in [0.5, 0.6) is 0 Å². The Hall–Kier alpha value is -2.12. The van der Waals surface area contributed by atoms with Crippen LogP contribution in [-0.4, -0.2) is 47.4 Å². The average Bonchev–Trinajstić information content (AvgIpc) is 3.20. The van der Waals surface area contributed by atoms with E-state index in [1.165, 1.54) is 0 Å². The second kappa shape index (κ2) is 11.8. The molecule has 0 atom stereocenters. The number of guanidine groups is 1. The fourth-order valence-electron chi connectivity index (χ4n) is 3.12. The Morgan fingerprint density at radius 1 is 1.24 bits per heavy atom. The monoisotopic (exact) mass is 421 g/mol. The zero-order chi connectivity index (χ0) is 21.1. The third-order valence-corrected chi connectivity index (χ3v) is 5.48. The fraction of sp³-hybridized carbons (Fsp3) is 0.571. The summed E-state index contributed by atoms with van der Waals surface area (Å²) < 4.78 is 5.35. The number of nitrogens with zero attached hydrogens (tertiary/aromatic N) is 3. The molecule has 2 rings (SSSR count). The van der Waals surface area contributed by atoms with E-state index in [1.54, 1.807) is 0 Å². The predicted molar refractivity (Wildman–Crippen MR) is 117 cm³/mol. The van der Waals surface area contributed by atoms with E-state index >= 15 is 0 Å². The van der Waals surface area contributed by atoms with Crippen molar-refractivity contribution >= 4 is 17.6 Å². The van der Waals surface area contributed by atoms with E-state index in [1.807, 2.05) is 31.2 Å². The lowest BCUT2D eigenvalue weighted by atomic mass is 9.79. The van der Waals surface area contributed by atoms with Gasteiger partial charge in [0.05, 0.1) is 0 Å². The van der Waals surface area contributed by atoms with Crippen LogP contribution in [0.15, 0.2) is 33.8 Å². The first kappa shape index (κ1) is 23.2. The van der Waals surface area contributed by atoms with Crippen LogP contribution in [0, 0.1) is 5.41 Å². The maximum absolute atomic E-state index is 9.39. The van der Waals surface area contributed by atoms with E-state index in [0.717, 1.165) is 37.3 Å². The normalized spacial score (nSPS) is 12.2. The number of benzene rings is 1. The molecule has 2 aromatic rings. The van der Waals surface area contributed by atoms with E-state index in [4.69, 9.17) is 21.1 Å². The second-order valence-electron chi connectivity index (χ2n) is 7.07. The van der Waals surface area contributed by atoms with E-state index < -0.39 is 0 Å². The van der Waals surface area contributed by atoms with E-state index in [2.05, 4.69) is 34.6 Å². The molecule has 0 fully saturated rings. The zero-order valence-electron chi connectivity index (χ0n) is 17.5. The largest absolute Gasteiger partial charge is 0.396 e. The van der Waals surface area contributed by atoms with Gasteiger partial charge in [0, 0.05) is 43.2 Å². The molecule has 0 aliphatic carbocycles. The summed E-state index contributed by atoms with van der Waals surface area (Å²) in [6, 6.07) is 7.38. The Morgan fingerprint density at radius 2 is 2.03 bits per heavy atom. The molecule has 160 valence electrons. The lowest BCUT2D eigenvalue weighted by molar-refractivity contribution is 0.175. The second-order valence-corrected chi connectivity index (χ2v) is 7.51. The van der Waals surface area contributed by atoms with Crippen molar-refractivity contribution in [2.24, 2.45) is 10.4 Å². The number of hydrogen-bond acceptors (Lipinski definition) is 5. The molecule has 0 radical (unpaired) electrons. The molecule has 0 bridgehead atoms. The van der Waals surface area contributed by atoms with Gasteiger partial charge in [-0.05, 0) is 43.7 Å². The van der Waals surface area contributed by atoms with Crippen molar-refractivity contribution < 1.29 is 9.63 Å². The SMILES string of the molecule is CCNC(=NCC(CC)(CC)CCO)NCCc1nc(-c2cccc(Cl)c2)no1. The smallest absolute Gasteiger partial charge is 0.228 e. The molecule has 0 saturated heterocycles. The minimum Gasteiger partial charge on any atom is -0.396 e. The highest BCUT2D eigenvalue weighted by atomic mass is 35.5. The molecule has 0 spiro atoms. The van der Waals surface area contributed by atoms with Crippen molar-refractivity contribution in [1.82, 2.24) is 20.8 Å². The third kappa shape index (κ3) is 7.01. The van der Waals surface area contributed by atoms with Crippen LogP contribution in [-0.2, 0) is 6.42 Å². The molecular weight excluding hydrogens is 390 g/mol. The van der Waals surface area contributed by atoms with E-state index in [-0.39, 0.29) is 12.0 Å². The van der Waals surface area contributed by atoms with Crippen LogP contribution in [0.4, 0.5) is 0 Å². The highest BCUT2D eigenvalue weighted by Gasteiger charge is 2.25. The van der Waals surface area contributed by atoms with Gasteiger partial charge >= 0.3 is 0 Å². The topological polar surface area (TPSA) is 95.6 Å². The van der Waals surface area contributed by atoms with Gasteiger partial charge in [0.1, 0.15) is 0 Å². The Kier molecular flexibility index (Phi) is 9.41. The summed E-state index contributed by atoms with van der Waals surface area (Å²) in [5.74, 6) is 1.84. The molecule has 0 saturated carbocycles. The van der Waals surface area contributed by atoms with Gasteiger partial charge in [-0.1, -0.05) is 42.7 Å². The number of hydrogen-bond donors (Lipinski definition) is 3. The van der Waals surface area contributed by atoms with Crippen LogP contribution in [0.2, 0.25) is 5.02 Å². The number of aliphatic imine (C=N–C) groups is 1. The number of aliphatic hydroxyl groups is 1. The Morgan fingerprint density at radius 3 is 2.69 bits per heavy atom. The highest BCUT2D eigenvalue weighted by Crippen LogP contribution is 2.30. The zero-order valence-corrected chi connectivity index (χ0v) is 18.3. The van der Waals surface area contributed by atoms with Crippen LogP contribution in [0.3, 0.4) is 0 Å². The van der Waals surface area contributed by atoms with Gasteiger partial charge < -0.3 is 20.3 Å². The molecule has 7 nitrogen and oxygen atoms in total. The molecule has 1 aromatic heterocycles. The van der Waals surface area contributed by atoms with Crippen LogP contribution in [0.25, 0.3) is 11.4 Å². The first-order chi connectivity index (χ1) is 14.1. The van der Waals surface area contributed by atoms with Crippen molar-refractivity contribution in [2.75, 3.05) is 26.2 Å². The Labute approximate surface area is 178 Å². The predicted octanol–water partition coefficient (Wildman–Crippen LogP) is 3.68. The van der Waals surface area contributed by atoms with E-state index in [0.29, 0.717) is 36.2 Å². The van der Waals surface area contributed by atoms with Gasteiger partial charge in [-0.15, -0.1) is 0 Å². The third-order valence-electron chi connectivity index (χ3n) is 5.24. The molecule has 0 aliphatic heterocycles. The van der Waals surface area contributed by atoms with Crippen LogP contribution in [0.1, 0.15) is 45.9 Å². The Bertz CT molecular complexity index is 774. The quantitative estimate of drug-likeness (QED) is 0.378. The summed E-state index contributed by atoms with van der Waals surface area (Å²) >= 11 is 6.02. The summed E-state index contributed by atoms with van der Waals surface area (Å²) in [5, 5.41) is 20.6. The molecule has 0 aliphatic rings. The van der Waals surface area contributed by atoms with E-state index in [9.17, 15) is 5.11 Å². The van der Waals surface area contributed by atoms with Crippen molar-refractivity contribution in [3.8, 4) is 11.4 Å². The van der Waals surface area contributed by atoms with Crippen molar-refractivity contribution in [1.29, 1.82) is 0 Å². The van der Waals surface area contributed by atoms with Crippen LogP contribution < -0.4 is 10.6 Å². The number of nitrogens with one attached hydrogen (secondary N) is 2. The molecule has 3 N–H and O–H groups in total. The van der Waals surface area contributed by atoms with Crippen molar-refractivity contribution in [3.05, 3.63) is 35.2 Å². The molecule has 0 amide bonds. The number of halogens is 1. The molecule has 29 heavy (non-hydrogen) atoms. The van der Waals surface area contributed by atoms with Gasteiger partial charge in [0.2, 0.25) is 11.7 Å². The summed E-state index contributed by atoms with van der Waals surface area (Å²) in [6.45, 7) is 8.60. The summed E-state index contributed by atoms with van der Waals surface area (Å²) in [6.07, 6.45) is 3.32. The highest BCUT2D eigenvalue weighted by molar-refractivity contribution is 6.30. The summed E-state index contributed by atoms with van der Waals surface area (Å²) in [7, 11) is 0. The number of rotatable bonds is 11. The summed E-state index contributed by atoms with van der Waals surface area (Å²) in [5.41, 5.74) is 0.866. The number of aliphatic hydroxyl groups excluding tert-OH is 1. The maximum Gasteiger partial charge on any atom is 0.228 e. The maximum atomic E-state index is 9.39.